The van der Waals surface area contributed by atoms with Crippen molar-refractivity contribution in [3.05, 3.63) is 48.0 Å². The molecule has 0 bridgehead atoms. The molecule has 1 fully saturated rings. The van der Waals surface area contributed by atoms with Crippen LogP contribution in [0, 0.1) is 17.2 Å². The van der Waals surface area contributed by atoms with E-state index in [0.29, 0.717) is 21.2 Å². The molecule has 5 nitrogen and oxygen atoms in total. The van der Waals surface area contributed by atoms with Gasteiger partial charge in [0, 0.05) is 16.5 Å². The van der Waals surface area contributed by atoms with Gasteiger partial charge in [0.05, 0.1) is 28.4 Å². The van der Waals surface area contributed by atoms with Crippen molar-refractivity contribution in [2.75, 3.05) is 12.4 Å². The number of methoxy groups -OCH3 is 1. The Labute approximate surface area is 142 Å². The molecule has 2 aromatic rings. The molecule has 24 heavy (non-hydrogen) atoms. The third-order valence-corrected chi connectivity index (χ3v) is 5.24. The number of rotatable bonds is 5. The first kappa shape index (κ1) is 16.2. The number of carbonyl (C=O) groups excluding carboxylic acids is 1. The van der Waals surface area contributed by atoms with E-state index in [9.17, 15) is 14.3 Å². The van der Waals surface area contributed by atoms with Gasteiger partial charge in [-0.3, -0.25) is 4.79 Å². The standard InChI is InChI=1S/C18H16N2O3S/c1-23-15-5-7-16(8-6-15)24(22)17-9-4-14(10-13(17)11-19)20-18(21)12-2-3-12/h4-10,12H,2-3H2,1H3,(H,20,21). The van der Waals surface area contributed by atoms with Gasteiger partial charge < -0.3 is 10.1 Å². The summed E-state index contributed by atoms with van der Waals surface area (Å²) in [6.07, 6.45) is 1.83. The van der Waals surface area contributed by atoms with Crippen LogP contribution in [0.1, 0.15) is 18.4 Å². The van der Waals surface area contributed by atoms with Crippen LogP contribution in [0.3, 0.4) is 0 Å². The highest BCUT2D eigenvalue weighted by Gasteiger charge is 2.29. The minimum atomic E-state index is -1.48. The molecule has 0 radical (unpaired) electrons. The normalized spacial score (nSPS) is 14.5. The van der Waals surface area contributed by atoms with Crippen molar-refractivity contribution in [2.24, 2.45) is 5.92 Å². The number of carbonyl (C=O) groups is 1. The minimum absolute atomic E-state index is 0.0251. The van der Waals surface area contributed by atoms with Gasteiger partial charge in [0.25, 0.3) is 0 Å². The van der Waals surface area contributed by atoms with Crippen molar-refractivity contribution < 1.29 is 13.7 Å². The molecule has 1 saturated carbocycles. The summed E-state index contributed by atoms with van der Waals surface area (Å²) >= 11 is 0. The fraction of sp³-hybridized carbons (Fsp3) is 0.222. The first-order valence-electron chi connectivity index (χ1n) is 7.53. The highest BCUT2D eigenvalue weighted by Crippen LogP contribution is 2.31. The zero-order chi connectivity index (χ0) is 17.1. The number of hydrogen-bond acceptors (Lipinski definition) is 4. The Hall–Kier alpha value is -2.65. The lowest BCUT2D eigenvalue weighted by Gasteiger charge is -2.09. The van der Waals surface area contributed by atoms with Crippen LogP contribution in [0.5, 0.6) is 5.75 Å². The van der Waals surface area contributed by atoms with Crippen LogP contribution in [0.25, 0.3) is 0 Å². The minimum Gasteiger partial charge on any atom is -0.497 e. The zero-order valence-corrected chi connectivity index (χ0v) is 13.9. The van der Waals surface area contributed by atoms with Gasteiger partial charge in [0.15, 0.2) is 0 Å². The van der Waals surface area contributed by atoms with E-state index in [1.807, 2.05) is 0 Å². The van der Waals surface area contributed by atoms with Crippen LogP contribution in [0.15, 0.2) is 52.3 Å². The quantitative estimate of drug-likeness (QED) is 0.907. The molecule has 0 aromatic heterocycles. The molecular weight excluding hydrogens is 324 g/mol. The van der Waals surface area contributed by atoms with Crippen molar-refractivity contribution >= 4 is 22.4 Å². The maximum absolute atomic E-state index is 12.7. The summed E-state index contributed by atoms with van der Waals surface area (Å²) in [6.45, 7) is 0. The predicted molar refractivity (Wildman–Crippen MR) is 90.2 cm³/mol. The van der Waals surface area contributed by atoms with E-state index in [2.05, 4.69) is 11.4 Å². The van der Waals surface area contributed by atoms with Crippen molar-refractivity contribution in [2.45, 2.75) is 22.6 Å². The van der Waals surface area contributed by atoms with Crippen LogP contribution < -0.4 is 10.1 Å². The molecule has 1 amide bonds. The molecular formula is C18H16N2O3S. The second kappa shape index (κ2) is 6.85. The van der Waals surface area contributed by atoms with Gasteiger partial charge in [-0.2, -0.15) is 5.26 Å². The zero-order valence-electron chi connectivity index (χ0n) is 13.1. The summed E-state index contributed by atoms with van der Waals surface area (Å²) in [6, 6.07) is 13.8. The van der Waals surface area contributed by atoms with Gasteiger partial charge in [-0.25, -0.2) is 4.21 Å². The molecule has 3 rings (SSSR count). The summed E-state index contributed by atoms with van der Waals surface area (Å²) in [7, 11) is 0.0873. The summed E-state index contributed by atoms with van der Waals surface area (Å²) in [5.74, 6) is 0.737. The topological polar surface area (TPSA) is 79.2 Å². The van der Waals surface area contributed by atoms with E-state index < -0.39 is 10.8 Å². The molecule has 1 unspecified atom stereocenters. The maximum atomic E-state index is 12.7. The number of nitrogens with zero attached hydrogens (tertiary/aromatic N) is 1. The molecule has 0 spiro atoms. The molecule has 1 N–H and O–H groups in total. The molecule has 0 saturated heterocycles. The molecule has 0 aliphatic heterocycles. The Balaban J connectivity index is 1.85. The van der Waals surface area contributed by atoms with Crippen LogP contribution in [0.4, 0.5) is 5.69 Å². The first-order chi connectivity index (χ1) is 11.6. The number of hydrogen-bond donors (Lipinski definition) is 1. The third-order valence-electron chi connectivity index (χ3n) is 3.79. The van der Waals surface area contributed by atoms with Gasteiger partial charge in [-0.05, 0) is 55.3 Å². The molecule has 1 aliphatic rings. The average molecular weight is 340 g/mol. The van der Waals surface area contributed by atoms with Crippen LogP contribution >= 0.6 is 0 Å². The van der Waals surface area contributed by atoms with Gasteiger partial charge in [0.1, 0.15) is 11.8 Å². The van der Waals surface area contributed by atoms with E-state index in [1.165, 1.54) is 0 Å². The largest absolute Gasteiger partial charge is 0.497 e. The summed E-state index contributed by atoms with van der Waals surface area (Å²) in [5, 5.41) is 12.2. The van der Waals surface area contributed by atoms with Gasteiger partial charge in [0.2, 0.25) is 5.91 Å². The highest BCUT2D eigenvalue weighted by atomic mass is 32.2. The summed E-state index contributed by atoms with van der Waals surface area (Å²) in [5.41, 5.74) is 0.844. The SMILES string of the molecule is COc1ccc(S(=O)c2ccc(NC(=O)C3CC3)cc2C#N)cc1. The van der Waals surface area contributed by atoms with E-state index in [0.717, 1.165) is 12.8 Å². The predicted octanol–water partition coefficient (Wildman–Crippen LogP) is 3.08. The fourth-order valence-electron chi connectivity index (χ4n) is 2.27. The Kier molecular flexibility index (Phi) is 4.63. The molecule has 0 heterocycles. The van der Waals surface area contributed by atoms with Crippen molar-refractivity contribution in [1.29, 1.82) is 5.26 Å². The Morgan fingerprint density at radius 2 is 1.96 bits per heavy atom. The van der Waals surface area contributed by atoms with E-state index in [4.69, 9.17) is 4.74 Å². The number of nitrogens with one attached hydrogen (secondary N) is 1. The summed E-state index contributed by atoms with van der Waals surface area (Å²) in [4.78, 5) is 12.8. The van der Waals surface area contributed by atoms with Crippen molar-refractivity contribution in [1.82, 2.24) is 0 Å². The first-order valence-corrected chi connectivity index (χ1v) is 8.68. The highest BCUT2D eigenvalue weighted by molar-refractivity contribution is 7.85. The number of ether oxygens (including phenoxy) is 1. The molecule has 6 heteroatoms. The third kappa shape index (κ3) is 3.47. The monoisotopic (exact) mass is 340 g/mol. The second-order valence-corrected chi connectivity index (χ2v) is 6.98. The molecule has 1 atom stereocenters. The molecule has 122 valence electrons. The van der Waals surface area contributed by atoms with Crippen LogP contribution in [-0.4, -0.2) is 17.2 Å². The Morgan fingerprint density at radius 1 is 1.25 bits per heavy atom. The van der Waals surface area contributed by atoms with Gasteiger partial charge in [-0.15, -0.1) is 0 Å². The summed E-state index contributed by atoms with van der Waals surface area (Å²) < 4.78 is 17.8. The fourth-order valence-corrected chi connectivity index (χ4v) is 3.41. The van der Waals surface area contributed by atoms with E-state index in [1.54, 1.807) is 49.6 Å². The maximum Gasteiger partial charge on any atom is 0.227 e. The molecule has 2 aromatic carbocycles. The lowest BCUT2D eigenvalue weighted by Crippen LogP contribution is -2.13. The van der Waals surface area contributed by atoms with Gasteiger partial charge in [-0.1, -0.05) is 0 Å². The Morgan fingerprint density at radius 3 is 2.54 bits per heavy atom. The van der Waals surface area contributed by atoms with Gasteiger partial charge >= 0.3 is 0 Å². The number of amides is 1. The smallest absolute Gasteiger partial charge is 0.227 e. The lowest BCUT2D eigenvalue weighted by atomic mass is 10.2. The lowest BCUT2D eigenvalue weighted by molar-refractivity contribution is -0.117. The van der Waals surface area contributed by atoms with Crippen LogP contribution in [0.2, 0.25) is 0 Å². The number of benzene rings is 2. The average Bonchev–Trinajstić information content (AvgIpc) is 3.46. The van der Waals surface area contributed by atoms with Crippen molar-refractivity contribution in [3.8, 4) is 11.8 Å². The van der Waals surface area contributed by atoms with E-state index >= 15 is 0 Å². The second-order valence-electron chi connectivity index (χ2n) is 5.53. The number of nitriles is 1. The van der Waals surface area contributed by atoms with Crippen molar-refractivity contribution in [3.63, 3.8) is 0 Å². The molecule has 1 aliphatic carbocycles. The Bertz CT molecular complexity index is 836. The van der Waals surface area contributed by atoms with Crippen LogP contribution in [-0.2, 0) is 15.6 Å². The van der Waals surface area contributed by atoms with E-state index in [-0.39, 0.29) is 17.4 Å². The number of anilines is 1.